The highest BCUT2D eigenvalue weighted by atomic mass is 35.5. The van der Waals surface area contributed by atoms with Crippen LogP contribution in [0.3, 0.4) is 0 Å². The molecule has 1 aromatic heterocycles. The van der Waals surface area contributed by atoms with Crippen LogP contribution in [0.15, 0.2) is 33.9 Å². The van der Waals surface area contributed by atoms with Crippen LogP contribution < -0.4 is 0 Å². The van der Waals surface area contributed by atoms with Gasteiger partial charge in [0.2, 0.25) is 21.6 Å². The molecule has 2 aromatic rings. The van der Waals surface area contributed by atoms with Gasteiger partial charge in [0, 0.05) is 23.7 Å². The van der Waals surface area contributed by atoms with E-state index in [-0.39, 0.29) is 5.89 Å². The Morgan fingerprint density at radius 3 is 2.92 bits per heavy atom. The van der Waals surface area contributed by atoms with Crippen molar-refractivity contribution >= 4 is 27.3 Å². The smallest absolute Gasteiger partial charge is 0.336 e. The van der Waals surface area contributed by atoms with Crippen LogP contribution in [0.5, 0.6) is 0 Å². The van der Waals surface area contributed by atoms with Crippen LogP contribution in [0.2, 0.25) is 5.02 Å². The molecule has 1 amide bonds. The fourth-order valence-corrected chi connectivity index (χ4v) is 4.00. The van der Waals surface area contributed by atoms with Gasteiger partial charge < -0.3 is 9.32 Å². The van der Waals surface area contributed by atoms with Crippen molar-refractivity contribution in [3.05, 3.63) is 29.3 Å². The number of hydrogen-bond acceptors (Lipinski definition) is 6. The van der Waals surface area contributed by atoms with Crippen LogP contribution in [0.1, 0.15) is 19.8 Å². The molecule has 1 saturated heterocycles. The Balaban J connectivity index is 1.75. The number of hydrogen-bond donors (Lipinski definition) is 0. The first-order valence-electron chi connectivity index (χ1n) is 7.95. The van der Waals surface area contributed by atoms with E-state index >= 15 is 0 Å². The largest absolute Gasteiger partial charge is 0.408 e. The maximum Gasteiger partial charge on any atom is 0.336 e. The van der Waals surface area contributed by atoms with Crippen LogP contribution >= 0.6 is 11.6 Å². The molecule has 0 saturated carbocycles. The Morgan fingerprint density at radius 1 is 1.40 bits per heavy atom. The molecule has 0 bridgehead atoms. The number of amides is 1. The fourth-order valence-electron chi connectivity index (χ4n) is 2.81. The molecule has 3 rings (SSSR count). The van der Waals surface area contributed by atoms with E-state index in [4.69, 9.17) is 16.0 Å². The van der Waals surface area contributed by atoms with Crippen molar-refractivity contribution in [3.8, 4) is 11.5 Å². The molecule has 1 unspecified atom stereocenters. The molecular weight excluding hydrogens is 366 g/mol. The van der Waals surface area contributed by atoms with Crippen molar-refractivity contribution < 1.29 is 17.6 Å². The van der Waals surface area contributed by atoms with E-state index in [2.05, 4.69) is 10.2 Å². The summed E-state index contributed by atoms with van der Waals surface area (Å²) in [6.45, 7) is 3.20. The summed E-state index contributed by atoms with van der Waals surface area (Å²) in [5, 5.41) is 7.25. The highest BCUT2D eigenvalue weighted by Gasteiger charge is 2.30. The summed E-state index contributed by atoms with van der Waals surface area (Å²) in [7, 11) is -3.99. The molecule has 134 valence electrons. The lowest BCUT2D eigenvalue weighted by Crippen LogP contribution is -2.42. The third-order valence-corrected chi connectivity index (χ3v) is 5.63. The molecule has 0 aliphatic carbocycles. The van der Waals surface area contributed by atoms with Crippen LogP contribution in [0.25, 0.3) is 11.5 Å². The third kappa shape index (κ3) is 4.19. The van der Waals surface area contributed by atoms with Gasteiger partial charge in [-0.1, -0.05) is 29.7 Å². The van der Waals surface area contributed by atoms with E-state index in [0.29, 0.717) is 29.6 Å². The lowest BCUT2D eigenvalue weighted by atomic mass is 10.0. The van der Waals surface area contributed by atoms with Gasteiger partial charge in [0.1, 0.15) is 5.75 Å². The Bertz CT molecular complexity index is 881. The van der Waals surface area contributed by atoms with Gasteiger partial charge in [-0.2, -0.15) is 0 Å². The summed E-state index contributed by atoms with van der Waals surface area (Å²) < 4.78 is 30.1. The van der Waals surface area contributed by atoms with E-state index in [1.165, 1.54) is 0 Å². The molecule has 1 atom stereocenters. The number of aromatic nitrogens is 2. The molecule has 1 fully saturated rings. The third-order valence-electron chi connectivity index (χ3n) is 4.07. The van der Waals surface area contributed by atoms with Crippen molar-refractivity contribution in [2.45, 2.75) is 25.0 Å². The summed E-state index contributed by atoms with van der Waals surface area (Å²) in [6.07, 6.45) is 1.93. The van der Waals surface area contributed by atoms with Crippen molar-refractivity contribution in [3.63, 3.8) is 0 Å². The summed E-state index contributed by atoms with van der Waals surface area (Å²) in [5.41, 5.74) is 0.512. The van der Waals surface area contributed by atoms with Crippen molar-refractivity contribution in [1.82, 2.24) is 15.1 Å². The number of piperidine rings is 1. The zero-order chi connectivity index (χ0) is 18.0. The molecule has 0 N–H and O–H groups in total. The van der Waals surface area contributed by atoms with Crippen molar-refractivity contribution in [2.75, 3.05) is 18.8 Å². The number of halogens is 1. The number of carbonyl (C=O) groups excluding carboxylic acids is 1. The maximum atomic E-state index is 12.4. The molecule has 9 heteroatoms. The van der Waals surface area contributed by atoms with Gasteiger partial charge in [-0.15, -0.1) is 5.10 Å². The van der Waals surface area contributed by atoms with E-state index in [1.54, 1.807) is 29.2 Å². The Labute approximate surface area is 150 Å². The fraction of sp³-hybridized carbons (Fsp3) is 0.438. The first kappa shape index (κ1) is 17.9. The monoisotopic (exact) mass is 383 g/mol. The predicted molar refractivity (Wildman–Crippen MR) is 91.8 cm³/mol. The van der Waals surface area contributed by atoms with Gasteiger partial charge in [-0.25, -0.2) is 8.42 Å². The number of sulfone groups is 1. The number of carbonyl (C=O) groups is 1. The van der Waals surface area contributed by atoms with Crippen molar-refractivity contribution in [2.24, 2.45) is 5.92 Å². The van der Waals surface area contributed by atoms with Gasteiger partial charge in [-0.05, 0) is 37.0 Å². The molecule has 25 heavy (non-hydrogen) atoms. The molecule has 0 radical (unpaired) electrons. The maximum absolute atomic E-state index is 12.4. The van der Waals surface area contributed by atoms with E-state index in [9.17, 15) is 13.2 Å². The van der Waals surface area contributed by atoms with Crippen molar-refractivity contribution in [1.29, 1.82) is 0 Å². The normalized spacial score (nSPS) is 18.3. The lowest BCUT2D eigenvalue weighted by molar-refractivity contribution is -0.130. The molecule has 0 spiro atoms. The summed E-state index contributed by atoms with van der Waals surface area (Å²) >= 11 is 5.90. The minimum absolute atomic E-state index is 0.0418. The van der Waals surface area contributed by atoms with E-state index in [1.807, 2.05) is 6.92 Å². The van der Waals surface area contributed by atoms with Gasteiger partial charge in [0.05, 0.1) is 0 Å². The summed E-state index contributed by atoms with van der Waals surface area (Å²) in [5.74, 6) is -0.691. The predicted octanol–water partition coefficient (Wildman–Crippen LogP) is 2.42. The van der Waals surface area contributed by atoms with Gasteiger partial charge in [0.25, 0.3) is 0 Å². The van der Waals surface area contributed by atoms with Gasteiger partial charge in [-0.3, -0.25) is 4.79 Å². The van der Waals surface area contributed by atoms with Gasteiger partial charge >= 0.3 is 5.22 Å². The second kappa shape index (κ2) is 7.13. The molecule has 1 aliphatic heterocycles. The molecule has 2 heterocycles. The summed E-state index contributed by atoms with van der Waals surface area (Å²) in [6, 6.07) is 6.64. The van der Waals surface area contributed by atoms with Crippen LogP contribution in [0, 0.1) is 5.92 Å². The Kier molecular flexibility index (Phi) is 5.10. The van der Waals surface area contributed by atoms with Crippen LogP contribution in [0.4, 0.5) is 0 Å². The average molecular weight is 384 g/mol. The minimum Gasteiger partial charge on any atom is -0.408 e. The first-order chi connectivity index (χ1) is 11.8. The second-order valence-electron chi connectivity index (χ2n) is 6.23. The molecule has 1 aromatic carbocycles. The SMILES string of the molecule is CC1CCCN(C(=O)CS(=O)(=O)c2nnc(-c3cccc(Cl)c3)o2)C1. The lowest BCUT2D eigenvalue weighted by Gasteiger charge is -2.30. The number of benzene rings is 1. The number of likely N-dealkylation sites (tertiary alicyclic amines) is 1. The molecule has 1 aliphatic rings. The Morgan fingerprint density at radius 2 is 2.20 bits per heavy atom. The summed E-state index contributed by atoms with van der Waals surface area (Å²) in [4.78, 5) is 13.9. The highest BCUT2D eigenvalue weighted by Crippen LogP contribution is 2.23. The number of nitrogens with zero attached hydrogens (tertiary/aromatic N) is 3. The topological polar surface area (TPSA) is 93.4 Å². The Hall–Kier alpha value is -1.93. The average Bonchev–Trinajstić information content (AvgIpc) is 3.05. The molecular formula is C16H18ClN3O4S. The second-order valence-corrected chi connectivity index (χ2v) is 8.53. The first-order valence-corrected chi connectivity index (χ1v) is 9.98. The van der Waals surface area contributed by atoms with Gasteiger partial charge in [0.15, 0.2) is 0 Å². The van der Waals surface area contributed by atoms with Crippen LogP contribution in [-0.2, 0) is 14.6 Å². The zero-order valence-corrected chi connectivity index (χ0v) is 15.3. The van der Waals surface area contributed by atoms with E-state index in [0.717, 1.165) is 12.8 Å². The van der Waals surface area contributed by atoms with Crippen LogP contribution in [-0.4, -0.2) is 48.3 Å². The van der Waals surface area contributed by atoms with E-state index < -0.39 is 26.7 Å². The standard InChI is InChI=1S/C16H18ClN3O4S/c1-11-4-3-7-20(9-11)14(21)10-25(22,23)16-19-18-15(24-16)12-5-2-6-13(17)8-12/h2,5-6,8,11H,3-4,7,9-10H2,1H3. The zero-order valence-electron chi connectivity index (χ0n) is 13.7. The quantitative estimate of drug-likeness (QED) is 0.804. The molecule has 7 nitrogen and oxygen atoms in total. The minimum atomic E-state index is -3.99. The number of rotatable bonds is 4. The highest BCUT2D eigenvalue weighted by molar-refractivity contribution is 7.91.